The summed E-state index contributed by atoms with van der Waals surface area (Å²) in [5.74, 6) is 0.606. The molecule has 1 aliphatic rings. The third-order valence-corrected chi connectivity index (χ3v) is 2.51. The van der Waals surface area contributed by atoms with Gasteiger partial charge in [0.25, 0.3) is 0 Å². The number of hydrogen-bond acceptors (Lipinski definition) is 3. The number of carbonyl (C=O) groups excluding carboxylic acids is 2. The van der Waals surface area contributed by atoms with Gasteiger partial charge in [0.1, 0.15) is 5.82 Å². The SMILES string of the molecule is CC1CC(=O)N(Cc2ncc[nH]2)C(=O)C1. The number of nitrogens with zero attached hydrogens (tertiary/aromatic N) is 2. The zero-order valence-electron chi connectivity index (χ0n) is 8.56. The molecule has 0 aliphatic carbocycles. The molecule has 0 atom stereocenters. The lowest BCUT2D eigenvalue weighted by atomic mass is 9.98. The Balaban J connectivity index is 2.08. The van der Waals surface area contributed by atoms with E-state index < -0.39 is 0 Å². The second kappa shape index (κ2) is 3.84. The lowest BCUT2D eigenvalue weighted by Crippen LogP contribution is -2.42. The number of imidazole rings is 1. The number of amides is 2. The average molecular weight is 207 g/mol. The normalized spacial score (nSPS) is 18.6. The van der Waals surface area contributed by atoms with Crippen molar-refractivity contribution < 1.29 is 9.59 Å². The zero-order chi connectivity index (χ0) is 10.8. The van der Waals surface area contributed by atoms with Gasteiger partial charge < -0.3 is 4.98 Å². The number of likely N-dealkylation sites (tertiary alicyclic amines) is 1. The number of hydrogen-bond donors (Lipinski definition) is 1. The van der Waals surface area contributed by atoms with Crippen LogP contribution in [-0.2, 0) is 16.1 Å². The van der Waals surface area contributed by atoms with Crippen LogP contribution in [-0.4, -0.2) is 26.7 Å². The molecule has 5 heteroatoms. The maximum Gasteiger partial charge on any atom is 0.229 e. The van der Waals surface area contributed by atoms with Crippen LogP contribution in [0.25, 0.3) is 0 Å². The van der Waals surface area contributed by atoms with E-state index in [0.29, 0.717) is 18.7 Å². The zero-order valence-corrected chi connectivity index (χ0v) is 8.56. The first-order valence-electron chi connectivity index (χ1n) is 4.98. The Hall–Kier alpha value is -1.65. The molecule has 2 rings (SSSR count). The van der Waals surface area contributed by atoms with E-state index in [1.165, 1.54) is 4.90 Å². The molecule has 15 heavy (non-hydrogen) atoms. The highest BCUT2D eigenvalue weighted by molar-refractivity contribution is 5.97. The molecular formula is C10H13N3O2. The van der Waals surface area contributed by atoms with Gasteiger partial charge in [-0.2, -0.15) is 0 Å². The first-order chi connectivity index (χ1) is 7.16. The van der Waals surface area contributed by atoms with Crippen molar-refractivity contribution in [2.24, 2.45) is 5.92 Å². The summed E-state index contributed by atoms with van der Waals surface area (Å²) in [6.45, 7) is 2.18. The highest BCUT2D eigenvalue weighted by atomic mass is 16.2. The van der Waals surface area contributed by atoms with Crippen molar-refractivity contribution in [3.05, 3.63) is 18.2 Å². The Kier molecular flexibility index (Phi) is 2.53. The average Bonchev–Trinajstić information content (AvgIpc) is 2.63. The number of rotatable bonds is 2. The summed E-state index contributed by atoms with van der Waals surface area (Å²) in [5.41, 5.74) is 0. The summed E-state index contributed by atoms with van der Waals surface area (Å²) in [5, 5.41) is 0. The van der Waals surface area contributed by atoms with E-state index in [2.05, 4.69) is 9.97 Å². The van der Waals surface area contributed by atoms with Gasteiger partial charge >= 0.3 is 0 Å². The molecule has 2 heterocycles. The van der Waals surface area contributed by atoms with Crippen LogP contribution in [0.2, 0.25) is 0 Å². The Morgan fingerprint density at radius 2 is 2.13 bits per heavy atom. The molecule has 80 valence electrons. The van der Waals surface area contributed by atoms with Crippen LogP contribution in [0, 0.1) is 5.92 Å². The van der Waals surface area contributed by atoms with Crippen LogP contribution in [0.15, 0.2) is 12.4 Å². The van der Waals surface area contributed by atoms with Gasteiger partial charge in [-0.15, -0.1) is 0 Å². The first kappa shape index (κ1) is 9.89. The van der Waals surface area contributed by atoms with Crippen LogP contribution in [0.3, 0.4) is 0 Å². The fourth-order valence-corrected chi connectivity index (χ4v) is 1.74. The van der Waals surface area contributed by atoms with Crippen molar-refractivity contribution in [2.75, 3.05) is 0 Å². The lowest BCUT2D eigenvalue weighted by molar-refractivity contribution is -0.150. The second-order valence-electron chi connectivity index (χ2n) is 3.92. The van der Waals surface area contributed by atoms with E-state index in [-0.39, 0.29) is 24.3 Å². The van der Waals surface area contributed by atoms with Gasteiger partial charge in [0.15, 0.2) is 0 Å². The maximum atomic E-state index is 11.6. The van der Waals surface area contributed by atoms with Crippen LogP contribution < -0.4 is 0 Å². The molecule has 0 saturated carbocycles. The van der Waals surface area contributed by atoms with E-state index in [1.54, 1.807) is 12.4 Å². The molecule has 1 N–H and O–H groups in total. The predicted octanol–water partition coefficient (Wildman–Crippen LogP) is 0.695. The molecule has 5 nitrogen and oxygen atoms in total. The molecule has 0 radical (unpaired) electrons. The fraction of sp³-hybridized carbons (Fsp3) is 0.500. The van der Waals surface area contributed by atoms with Crippen LogP contribution >= 0.6 is 0 Å². The lowest BCUT2D eigenvalue weighted by Gasteiger charge is -2.27. The molecule has 0 spiro atoms. The number of carbonyl (C=O) groups is 2. The first-order valence-corrected chi connectivity index (χ1v) is 4.98. The molecule has 1 saturated heterocycles. The molecule has 1 aromatic rings. The standard InChI is InChI=1S/C10H13N3O2/c1-7-4-9(14)13(10(15)5-7)6-8-11-2-3-12-8/h2-3,7H,4-6H2,1H3,(H,11,12). The third-order valence-electron chi connectivity index (χ3n) is 2.51. The molecule has 1 aliphatic heterocycles. The van der Waals surface area contributed by atoms with Crippen LogP contribution in [0.5, 0.6) is 0 Å². The minimum atomic E-state index is -0.102. The molecular weight excluding hydrogens is 194 g/mol. The van der Waals surface area contributed by atoms with Crippen LogP contribution in [0.4, 0.5) is 0 Å². The molecule has 1 aromatic heterocycles. The van der Waals surface area contributed by atoms with Crippen molar-refractivity contribution in [3.63, 3.8) is 0 Å². The van der Waals surface area contributed by atoms with E-state index >= 15 is 0 Å². The predicted molar refractivity (Wildman–Crippen MR) is 52.5 cm³/mol. The van der Waals surface area contributed by atoms with Gasteiger partial charge in [-0.25, -0.2) is 4.98 Å². The highest BCUT2D eigenvalue weighted by Crippen LogP contribution is 2.19. The van der Waals surface area contributed by atoms with E-state index in [1.807, 2.05) is 6.92 Å². The van der Waals surface area contributed by atoms with Crippen molar-refractivity contribution in [1.82, 2.24) is 14.9 Å². The fourth-order valence-electron chi connectivity index (χ4n) is 1.74. The van der Waals surface area contributed by atoms with Gasteiger partial charge in [0, 0.05) is 25.2 Å². The topological polar surface area (TPSA) is 66.1 Å². The van der Waals surface area contributed by atoms with Crippen LogP contribution in [0.1, 0.15) is 25.6 Å². The smallest absolute Gasteiger partial charge is 0.229 e. The summed E-state index contributed by atoms with van der Waals surface area (Å²) in [4.78, 5) is 31.4. The van der Waals surface area contributed by atoms with Crippen molar-refractivity contribution in [1.29, 1.82) is 0 Å². The summed E-state index contributed by atoms with van der Waals surface area (Å²) >= 11 is 0. The largest absolute Gasteiger partial charge is 0.347 e. The molecule has 2 amide bonds. The maximum absolute atomic E-state index is 11.6. The summed E-state index contributed by atoms with van der Waals surface area (Å²) in [6.07, 6.45) is 4.19. The summed E-state index contributed by atoms with van der Waals surface area (Å²) < 4.78 is 0. The summed E-state index contributed by atoms with van der Waals surface area (Å²) in [7, 11) is 0. The molecule has 1 fully saturated rings. The summed E-state index contributed by atoms with van der Waals surface area (Å²) in [6, 6.07) is 0. The molecule has 0 bridgehead atoms. The Morgan fingerprint density at radius 1 is 1.47 bits per heavy atom. The van der Waals surface area contributed by atoms with Gasteiger partial charge in [-0.3, -0.25) is 14.5 Å². The van der Waals surface area contributed by atoms with E-state index in [0.717, 1.165) is 0 Å². The number of piperidine rings is 1. The second-order valence-corrected chi connectivity index (χ2v) is 3.92. The highest BCUT2D eigenvalue weighted by Gasteiger charge is 2.30. The van der Waals surface area contributed by atoms with Gasteiger partial charge in [0.05, 0.1) is 6.54 Å². The third kappa shape index (κ3) is 2.06. The minimum Gasteiger partial charge on any atom is -0.347 e. The Morgan fingerprint density at radius 3 is 2.67 bits per heavy atom. The Bertz CT molecular complexity index is 354. The quantitative estimate of drug-likeness (QED) is 0.726. The molecule has 0 unspecified atom stereocenters. The number of aromatic nitrogens is 2. The van der Waals surface area contributed by atoms with E-state index in [4.69, 9.17) is 0 Å². The van der Waals surface area contributed by atoms with Crippen molar-refractivity contribution in [3.8, 4) is 0 Å². The number of nitrogens with one attached hydrogen (secondary N) is 1. The van der Waals surface area contributed by atoms with Crippen molar-refractivity contribution >= 4 is 11.8 Å². The van der Waals surface area contributed by atoms with Gasteiger partial charge in [0.2, 0.25) is 11.8 Å². The van der Waals surface area contributed by atoms with E-state index in [9.17, 15) is 9.59 Å². The minimum absolute atomic E-state index is 0.102. The number of aromatic amines is 1. The molecule has 0 aromatic carbocycles. The van der Waals surface area contributed by atoms with Crippen molar-refractivity contribution in [2.45, 2.75) is 26.3 Å². The van der Waals surface area contributed by atoms with Gasteiger partial charge in [-0.05, 0) is 5.92 Å². The Labute approximate surface area is 87.5 Å². The monoisotopic (exact) mass is 207 g/mol. The number of imide groups is 1. The van der Waals surface area contributed by atoms with Gasteiger partial charge in [-0.1, -0.05) is 6.92 Å². The number of H-pyrrole nitrogens is 1.